The number of hydrogen-bond donors (Lipinski definition) is 2. The lowest BCUT2D eigenvalue weighted by Gasteiger charge is -2.28. The third kappa shape index (κ3) is 3.18. The van der Waals surface area contributed by atoms with Crippen molar-refractivity contribution in [3.8, 4) is 0 Å². The molecule has 2 N–H and O–H groups in total. The molecule has 0 heterocycles. The predicted octanol–water partition coefficient (Wildman–Crippen LogP) is 4.21. The minimum atomic E-state index is -1.79. The number of benzene rings is 3. The Kier molecular flexibility index (Phi) is 4.65. The fraction of sp³-hybridized carbons (Fsp3) is 0.0500. The monoisotopic (exact) mass is 337 g/mol. The summed E-state index contributed by atoms with van der Waals surface area (Å²) in [5.74, 6) is -0.526. The maximum Gasteiger partial charge on any atom is 0.265 e. The van der Waals surface area contributed by atoms with E-state index in [1.807, 2.05) is 12.1 Å². The summed E-state index contributed by atoms with van der Waals surface area (Å²) in [6.07, 6.45) is 0. The largest absolute Gasteiger partial charge is 0.372 e. The van der Waals surface area contributed by atoms with Gasteiger partial charge in [0.15, 0.2) is 5.60 Å². The number of carbonyl (C=O) groups is 1. The van der Waals surface area contributed by atoms with Gasteiger partial charge in [0.1, 0.15) is 0 Å². The maximum absolute atomic E-state index is 12.9. The molecular weight excluding hydrogens is 322 g/mol. The molecule has 3 nitrogen and oxygen atoms in total. The zero-order chi connectivity index (χ0) is 17.0. The van der Waals surface area contributed by atoms with Crippen LogP contribution in [-0.4, -0.2) is 11.0 Å². The number of hydrogen-bond acceptors (Lipinski definition) is 2. The van der Waals surface area contributed by atoms with Crippen molar-refractivity contribution in [2.75, 3.05) is 5.32 Å². The van der Waals surface area contributed by atoms with E-state index in [0.717, 1.165) is 0 Å². The molecule has 0 bridgehead atoms. The molecule has 3 aromatic rings. The highest BCUT2D eigenvalue weighted by Crippen LogP contribution is 2.31. The van der Waals surface area contributed by atoms with Crippen molar-refractivity contribution in [1.29, 1.82) is 0 Å². The summed E-state index contributed by atoms with van der Waals surface area (Å²) in [4.78, 5) is 12.9. The molecule has 0 aliphatic rings. The van der Waals surface area contributed by atoms with Crippen LogP contribution in [0.1, 0.15) is 11.1 Å². The van der Waals surface area contributed by atoms with E-state index in [0.29, 0.717) is 21.8 Å². The number of aliphatic hydroxyl groups is 1. The zero-order valence-electron chi connectivity index (χ0n) is 12.8. The number of nitrogens with one attached hydrogen (secondary N) is 1. The Morgan fingerprint density at radius 1 is 0.792 bits per heavy atom. The number of rotatable bonds is 4. The number of halogens is 1. The number of amides is 1. The Morgan fingerprint density at radius 2 is 1.25 bits per heavy atom. The molecule has 4 heteroatoms. The first-order valence-corrected chi connectivity index (χ1v) is 7.89. The van der Waals surface area contributed by atoms with E-state index in [4.69, 9.17) is 11.6 Å². The molecule has 0 unspecified atom stereocenters. The second-order valence-corrected chi connectivity index (χ2v) is 5.84. The molecule has 0 aliphatic heterocycles. The van der Waals surface area contributed by atoms with Gasteiger partial charge in [-0.15, -0.1) is 0 Å². The summed E-state index contributed by atoms with van der Waals surface area (Å²) in [6, 6.07) is 24.5. The highest BCUT2D eigenvalue weighted by atomic mass is 35.5. The van der Waals surface area contributed by atoms with Gasteiger partial charge >= 0.3 is 0 Å². The highest BCUT2D eigenvalue weighted by Gasteiger charge is 2.39. The fourth-order valence-corrected chi connectivity index (χ4v) is 2.67. The molecule has 0 spiro atoms. The van der Waals surface area contributed by atoms with Gasteiger partial charge < -0.3 is 10.4 Å². The molecule has 0 radical (unpaired) electrons. The lowest BCUT2D eigenvalue weighted by Crippen LogP contribution is -2.41. The van der Waals surface area contributed by atoms with Crippen LogP contribution in [0.2, 0.25) is 5.02 Å². The summed E-state index contributed by atoms with van der Waals surface area (Å²) in [7, 11) is 0. The van der Waals surface area contributed by atoms with E-state index < -0.39 is 11.5 Å². The molecule has 0 aliphatic carbocycles. The summed E-state index contributed by atoms with van der Waals surface area (Å²) < 4.78 is 0. The summed E-state index contributed by atoms with van der Waals surface area (Å²) in [6.45, 7) is 0. The Morgan fingerprint density at radius 3 is 1.71 bits per heavy atom. The molecule has 3 rings (SSSR count). The third-order valence-corrected chi connectivity index (χ3v) is 4.07. The lowest BCUT2D eigenvalue weighted by atomic mass is 9.85. The predicted molar refractivity (Wildman–Crippen MR) is 96.0 cm³/mol. The molecule has 0 saturated carbocycles. The van der Waals surface area contributed by atoms with E-state index in [2.05, 4.69) is 5.32 Å². The molecule has 24 heavy (non-hydrogen) atoms. The second-order valence-electron chi connectivity index (χ2n) is 5.40. The SMILES string of the molecule is O=C(Nc1ccc(Cl)cc1)C(O)(c1ccccc1)c1ccccc1. The molecule has 1 amide bonds. The van der Waals surface area contributed by atoms with Crippen molar-refractivity contribution in [3.63, 3.8) is 0 Å². The quantitative estimate of drug-likeness (QED) is 0.749. The summed E-state index contributed by atoms with van der Waals surface area (Å²) in [5.41, 5.74) is -0.220. The average Bonchev–Trinajstić information content (AvgIpc) is 2.64. The molecular formula is C20H16ClNO2. The van der Waals surface area contributed by atoms with Crippen LogP contribution in [0, 0.1) is 0 Å². The summed E-state index contributed by atoms with van der Waals surface area (Å²) in [5, 5.41) is 14.6. The maximum atomic E-state index is 12.9. The first-order chi connectivity index (χ1) is 11.6. The van der Waals surface area contributed by atoms with Crippen LogP contribution in [0.4, 0.5) is 5.69 Å². The van der Waals surface area contributed by atoms with Gasteiger partial charge in [0, 0.05) is 10.7 Å². The van der Waals surface area contributed by atoms with E-state index >= 15 is 0 Å². The van der Waals surface area contributed by atoms with Crippen molar-refractivity contribution in [3.05, 3.63) is 101 Å². The first kappa shape index (κ1) is 16.2. The minimum absolute atomic E-state index is 0.502. The highest BCUT2D eigenvalue weighted by molar-refractivity contribution is 6.30. The van der Waals surface area contributed by atoms with Gasteiger partial charge in [-0.25, -0.2) is 0 Å². The lowest BCUT2D eigenvalue weighted by molar-refractivity contribution is -0.131. The van der Waals surface area contributed by atoms with Crippen LogP contribution >= 0.6 is 11.6 Å². The Balaban J connectivity index is 2.02. The molecule has 0 saturated heterocycles. The van der Waals surface area contributed by atoms with Gasteiger partial charge in [0.05, 0.1) is 0 Å². The van der Waals surface area contributed by atoms with E-state index in [1.165, 1.54) is 0 Å². The number of carbonyl (C=O) groups excluding carboxylic acids is 1. The summed E-state index contributed by atoms with van der Waals surface area (Å²) >= 11 is 5.87. The van der Waals surface area contributed by atoms with Crippen molar-refractivity contribution < 1.29 is 9.90 Å². The topological polar surface area (TPSA) is 49.3 Å². The molecule has 0 fully saturated rings. The van der Waals surface area contributed by atoms with Crippen molar-refractivity contribution in [1.82, 2.24) is 0 Å². The second kappa shape index (κ2) is 6.87. The fourth-order valence-electron chi connectivity index (χ4n) is 2.54. The smallest absolute Gasteiger partial charge is 0.265 e. The molecule has 0 aromatic heterocycles. The van der Waals surface area contributed by atoms with Crippen molar-refractivity contribution >= 4 is 23.2 Å². The zero-order valence-corrected chi connectivity index (χ0v) is 13.6. The van der Waals surface area contributed by atoms with Gasteiger partial charge in [-0.3, -0.25) is 4.79 Å². The molecule has 3 aromatic carbocycles. The van der Waals surface area contributed by atoms with Gasteiger partial charge in [0.2, 0.25) is 0 Å². The Labute approximate surface area is 145 Å². The Hall–Kier alpha value is -2.62. The first-order valence-electron chi connectivity index (χ1n) is 7.51. The van der Waals surface area contributed by atoms with Crippen LogP contribution in [0.5, 0.6) is 0 Å². The van der Waals surface area contributed by atoms with Crippen LogP contribution in [0.15, 0.2) is 84.9 Å². The van der Waals surface area contributed by atoms with Crippen molar-refractivity contribution in [2.24, 2.45) is 0 Å². The molecule has 0 atom stereocenters. The van der Waals surface area contributed by atoms with Crippen LogP contribution in [0.3, 0.4) is 0 Å². The van der Waals surface area contributed by atoms with Gasteiger partial charge in [-0.1, -0.05) is 72.3 Å². The normalized spacial score (nSPS) is 11.1. The van der Waals surface area contributed by atoms with Gasteiger partial charge in [0.25, 0.3) is 5.91 Å². The van der Waals surface area contributed by atoms with Gasteiger partial charge in [-0.2, -0.15) is 0 Å². The van der Waals surface area contributed by atoms with E-state index in [1.54, 1.807) is 72.8 Å². The Bertz CT molecular complexity index is 778. The van der Waals surface area contributed by atoms with Gasteiger partial charge in [-0.05, 0) is 35.4 Å². The number of anilines is 1. The van der Waals surface area contributed by atoms with E-state index in [9.17, 15) is 9.90 Å². The van der Waals surface area contributed by atoms with E-state index in [-0.39, 0.29) is 0 Å². The third-order valence-electron chi connectivity index (χ3n) is 3.81. The average molecular weight is 338 g/mol. The van der Waals surface area contributed by atoms with Crippen LogP contribution < -0.4 is 5.32 Å². The van der Waals surface area contributed by atoms with Crippen LogP contribution in [-0.2, 0) is 10.4 Å². The van der Waals surface area contributed by atoms with Crippen LogP contribution in [0.25, 0.3) is 0 Å². The molecule has 120 valence electrons. The minimum Gasteiger partial charge on any atom is -0.372 e. The standard InChI is InChI=1S/C20H16ClNO2/c21-17-11-13-18(14-12-17)22-19(23)20(24,15-7-3-1-4-8-15)16-9-5-2-6-10-16/h1-14,24H,(H,22,23). The van der Waals surface area contributed by atoms with Crippen molar-refractivity contribution in [2.45, 2.75) is 5.60 Å².